The number of carbonyl (C=O) groups is 4. The van der Waals surface area contributed by atoms with Gasteiger partial charge in [-0.3, -0.25) is 9.59 Å². The van der Waals surface area contributed by atoms with E-state index in [9.17, 15) is 19.2 Å². The molecule has 198 valence electrons. The molecule has 0 aromatic rings. The number of esters is 2. The van der Waals surface area contributed by atoms with Crippen molar-refractivity contribution in [2.45, 2.75) is 87.2 Å². The second-order valence-corrected chi connectivity index (χ2v) is 10.8. The predicted molar refractivity (Wildman–Crippen MR) is 141 cm³/mol. The zero-order chi connectivity index (χ0) is 26.9. The van der Waals surface area contributed by atoms with Gasteiger partial charge in [0.05, 0.1) is 10.1 Å². The fourth-order valence-corrected chi connectivity index (χ4v) is 5.19. The van der Waals surface area contributed by atoms with E-state index in [4.69, 9.17) is 55.9 Å². The van der Waals surface area contributed by atoms with E-state index >= 15 is 0 Å². The van der Waals surface area contributed by atoms with Gasteiger partial charge in [-0.25, -0.2) is 9.59 Å². The summed E-state index contributed by atoms with van der Waals surface area (Å²) in [6, 6.07) is 0. The van der Waals surface area contributed by atoms with E-state index in [2.05, 4.69) is 0 Å². The highest BCUT2D eigenvalue weighted by Gasteiger charge is 2.50. The summed E-state index contributed by atoms with van der Waals surface area (Å²) in [5.74, 6) is -3.70. The summed E-state index contributed by atoms with van der Waals surface area (Å²) in [5, 5.41) is -0.0670. The van der Waals surface area contributed by atoms with Crippen LogP contribution in [-0.2, 0) is 28.7 Å². The predicted octanol–water partition coefficient (Wildman–Crippen LogP) is 6.45. The van der Waals surface area contributed by atoms with Gasteiger partial charge >= 0.3 is 11.9 Å². The first-order valence-corrected chi connectivity index (χ1v) is 13.5. The van der Waals surface area contributed by atoms with Gasteiger partial charge in [-0.15, -0.1) is 23.2 Å². The Morgan fingerprint density at radius 1 is 0.722 bits per heavy atom. The average molecular weight is 580 g/mol. The van der Waals surface area contributed by atoms with Crippen LogP contribution < -0.4 is 0 Å². The average Bonchev–Trinajstić information content (AvgIpc) is 2.83. The van der Waals surface area contributed by atoms with Crippen LogP contribution in [0.1, 0.15) is 65.2 Å². The minimum Gasteiger partial charge on any atom is -0.445 e. The summed E-state index contributed by atoms with van der Waals surface area (Å²) in [4.78, 5) is 47.6. The number of Topliss-reactive ketones (excluding diaryl/α,β-unsaturated/α-hetero) is 2. The maximum absolute atomic E-state index is 12.9. The SMILES string of the molecule is CCCCCC(=O)C1(Cl)C=CC=C(Cl)C1OC(=O)C(=O)OC1C(Cl)=CC=CC1(Cl)C(=O)CCCCC. The maximum atomic E-state index is 12.9. The fraction of sp³-hybridized carbons (Fsp3) is 0.538. The molecule has 0 saturated heterocycles. The summed E-state index contributed by atoms with van der Waals surface area (Å²) in [5.41, 5.74) is 0. The minimum atomic E-state index is -1.77. The van der Waals surface area contributed by atoms with Crippen LogP contribution in [0.4, 0.5) is 0 Å². The Morgan fingerprint density at radius 3 is 1.42 bits per heavy atom. The summed E-state index contributed by atoms with van der Waals surface area (Å²) < 4.78 is 10.5. The molecule has 0 aromatic heterocycles. The number of ketones is 2. The molecule has 4 atom stereocenters. The topological polar surface area (TPSA) is 86.7 Å². The van der Waals surface area contributed by atoms with Crippen LogP contribution in [0.25, 0.3) is 0 Å². The molecule has 0 heterocycles. The minimum absolute atomic E-state index is 0.0335. The number of unbranched alkanes of at least 4 members (excludes halogenated alkanes) is 4. The van der Waals surface area contributed by atoms with Gasteiger partial charge in [0, 0.05) is 12.8 Å². The zero-order valence-electron chi connectivity index (χ0n) is 20.2. The molecule has 4 unspecified atom stereocenters. The van der Waals surface area contributed by atoms with Crippen LogP contribution in [-0.4, -0.2) is 45.5 Å². The maximum Gasteiger partial charge on any atom is 0.418 e. The lowest BCUT2D eigenvalue weighted by Crippen LogP contribution is -2.50. The van der Waals surface area contributed by atoms with E-state index in [-0.39, 0.29) is 22.9 Å². The molecule has 2 aliphatic rings. The van der Waals surface area contributed by atoms with Gasteiger partial charge in [-0.1, -0.05) is 87.0 Å². The van der Waals surface area contributed by atoms with E-state index in [1.54, 1.807) is 0 Å². The van der Waals surface area contributed by atoms with Crippen molar-refractivity contribution in [3.05, 3.63) is 46.5 Å². The molecule has 0 spiro atoms. The van der Waals surface area contributed by atoms with Crippen LogP contribution in [0.2, 0.25) is 0 Å². The summed E-state index contributed by atoms with van der Waals surface area (Å²) >= 11 is 25.6. The standard InChI is InChI=1S/C26H30Cl4O6/c1-3-5-7-13-19(31)25(29)15-9-11-17(27)21(25)35-23(33)24(34)36-22-18(28)12-10-16-26(22,30)20(32)14-8-6-4-2/h9-12,15-16,21-22H,3-8,13-14H2,1-2H3. The van der Waals surface area contributed by atoms with Crippen LogP contribution in [0.5, 0.6) is 0 Å². The Balaban J connectivity index is 2.16. The monoisotopic (exact) mass is 578 g/mol. The molecule has 10 heteroatoms. The van der Waals surface area contributed by atoms with Crippen molar-refractivity contribution in [3.8, 4) is 0 Å². The Kier molecular flexibility index (Phi) is 11.7. The summed E-state index contributed by atoms with van der Waals surface area (Å²) in [7, 11) is 0. The molecule has 0 amide bonds. The van der Waals surface area contributed by atoms with E-state index in [1.165, 1.54) is 36.5 Å². The number of hydrogen-bond acceptors (Lipinski definition) is 6. The third-order valence-corrected chi connectivity index (χ3v) is 7.66. The molecule has 0 aromatic carbocycles. The Bertz CT molecular complexity index is 907. The number of rotatable bonds is 12. The molecule has 0 N–H and O–H groups in total. The quantitative estimate of drug-likeness (QED) is 0.114. The molecule has 0 bridgehead atoms. The molecular weight excluding hydrogens is 550 g/mol. The van der Waals surface area contributed by atoms with Gasteiger partial charge in [0.1, 0.15) is 0 Å². The molecule has 0 radical (unpaired) electrons. The number of hydrogen-bond donors (Lipinski definition) is 0. The molecule has 2 aliphatic carbocycles. The molecule has 0 saturated carbocycles. The van der Waals surface area contributed by atoms with E-state index in [0.717, 1.165) is 25.7 Å². The molecular formula is C26H30Cl4O6. The van der Waals surface area contributed by atoms with E-state index in [0.29, 0.717) is 12.8 Å². The van der Waals surface area contributed by atoms with Crippen molar-refractivity contribution in [1.29, 1.82) is 0 Å². The number of halogens is 4. The zero-order valence-corrected chi connectivity index (χ0v) is 23.3. The Labute approximate surface area is 231 Å². The number of alkyl halides is 2. The van der Waals surface area contributed by atoms with E-state index < -0.39 is 45.5 Å². The van der Waals surface area contributed by atoms with Crippen LogP contribution >= 0.6 is 46.4 Å². The van der Waals surface area contributed by atoms with Crippen molar-refractivity contribution < 1.29 is 28.7 Å². The smallest absolute Gasteiger partial charge is 0.418 e. The normalized spacial score (nSPS) is 27.2. The highest BCUT2D eigenvalue weighted by molar-refractivity contribution is 6.42. The van der Waals surface area contributed by atoms with Crippen LogP contribution in [0, 0.1) is 0 Å². The Hall–Kier alpha value is -1.60. The lowest BCUT2D eigenvalue weighted by atomic mass is 9.89. The lowest BCUT2D eigenvalue weighted by molar-refractivity contribution is -0.173. The third kappa shape index (κ3) is 7.25. The van der Waals surface area contributed by atoms with Gasteiger partial charge in [0.15, 0.2) is 33.5 Å². The highest BCUT2D eigenvalue weighted by atomic mass is 35.5. The number of allylic oxidation sites excluding steroid dienone is 4. The van der Waals surface area contributed by atoms with Crippen LogP contribution in [0.15, 0.2) is 46.5 Å². The van der Waals surface area contributed by atoms with E-state index in [1.807, 2.05) is 13.8 Å². The first-order chi connectivity index (χ1) is 17.0. The third-order valence-electron chi connectivity index (χ3n) is 5.94. The van der Waals surface area contributed by atoms with Crippen molar-refractivity contribution >= 4 is 69.9 Å². The molecule has 36 heavy (non-hydrogen) atoms. The molecule has 0 aliphatic heterocycles. The van der Waals surface area contributed by atoms with Crippen molar-refractivity contribution in [2.24, 2.45) is 0 Å². The van der Waals surface area contributed by atoms with Gasteiger partial charge in [0.25, 0.3) is 0 Å². The molecule has 0 fully saturated rings. The lowest BCUT2D eigenvalue weighted by Gasteiger charge is -2.34. The largest absolute Gasteiger partial charge is 0.445 e. The van der Waals surface area contributed by atoms with Crippen molar-refractivity contribution in [2.75, 3.05) is 0 Å². The number of ether oxygens (including phenoxy) is 2. The van der Waals surface area contributed by atoms with Gasteiger partial charge in [0.2, 0.25) is 0 Å². The fourth-order valence-electron chi connectivity index (χ4n) is 3.84. The first kappa shape index (κ1) is 30.6. The second kappa shape index (κ2) is 13.8. The van der Waals surface area contributed by atoms with Gasteiger partial charge < -0.3 is 9.47 Å². The van der Waals surface area contributed by atoms with Gasteiger partial charge in [-0.2, -0.15) is 0 Å². The first-order valence-electron chi connectivity index (χ1n) is 12.0. The van der Waals surface area contributed by atoms with Crippen molar-refractivity contribution in [3.63, 3.8) is 0 Å². The Morgan fingerprint density at radius 2 is 1.08 bits per heavy atom. The summed E-state index contributed by atoms with van der Waals surface area (Å²) in [6.07, 6.45) is 10.6. The molecule has 2 rings (SSSR count). The highest BCUT2D eigenvalue weighted by Crippen LogP contribution is 2.38. The van der Waals surface area contributed by atoms with Crippen LogP contribution in [0.3, 0.4) is 0 Å². The van der Waals surface area contributed by atoms with Gasteiger partial charge in [-0.05, 0) is 25.0 Å². The summed E-state index contributed by atoms with van der Waals surface area (Å²) in [6.45, 7) is 3.99. The number of carbonyl (C=O) groups excluding carboxylic acids is 4. The molecule has 6 nitrogen and oxygen atoms in total. The van der Waals surface area contributed by atoms with Crippen molar-refractivity contribution in [1.82, 2.24) is 0 Å². The second-order valence-electron chi connectivity index (χ2n) is 8.69.